The van der Waals surface area contributed by atoms with Crippen molar-refractivity contribution in [3.05, 3.63) is 103 Å². The normalized spacial score (nSPS) is 17.1. The van der Waals surface area contributed by atoms with Crippen LogP contribution in [0.5, 0.6) is 0 Å². The number of para-hydroxylation sites is 1. The van der Waals surface area contributed by atoms with Gasteiger partial charge in [0.2, 0.25) is 0 Å². The van der Waals surface area contributed by atoms with Crippen LogP contribution < -0.4 is 31.1 Å². The number of hydrogen-bond donors (Lipinski definition) is 5. The molecule has 7 heterocycles. The van der Waals surface area contributed by atoms with Crippen LogP contribution in [-0.4, -0.2) is 324 Å². The lowest BCUT2D eigenvalue weighted by Crippen LogP contribution is -2.44. The summed E-state index contributed by atoms with van der Waals surface area (Å²) in [6, 6.07) is 28.5. The maximum absolute atomic E-state index is 9.54. The van der Waals surface area contributed by atoms with Gasteiger partial charge >= 0.3 is 5.97 Å². The summed E-state index contributed by atoms with van der Waals surface area (Å²) in [7, 11) is 28.5. The zero-order chi connectivity index (χ0) is 85.4. The van der Waals surface area contributed by atoms with Crippen molar-refractivity contribution in [1.82, 2.24) is 65.5 Å². The number of hydrogen-bond acceptors (Lipinski definition) is 18. The van der Waals surface area contributed by atoms with Gasteiger partial charge in [0, 0.05) is 110 Å². The van der Waals surface area contributed by atoms with Gasteiger partial charge in [0.05, 0.1) is 26.4 Å². The van der Waals surface area contributed by atoms with Gasteiger partial charge in [-0.25, -0.2) is 4.98 Å². The number of likely N-dealkylation sites (N-methyl/N-ethyl adjacent to an activating group) is 7. The molecule has 0 amide bonds. The number of methoxy groups -OCH3 is 1. The first-order valence-electron chi connectivity index (χ1n) is 43.7. The van der Waals surface area contributed by atoms with Crippen molar-refractivity contribution in [2.45, 2.75) is 199 Å². The lowest BCUT2D eigenvalue weighted by atomic mass is 9.75. The molecular formula is C93H187N15O4. The second-order valence-corrected chi connectivity index (χ2v) is 34.1. The van der Waals surface area contributed by atoms with Crippen molar-refractivity contribution >= 4 is 17.5 Å². The van der Waals surface area contributed by atoms with Crippen LogP contribution in [-0.2, 0) is 14.3 Å². The highest BCUT2D eigenvalue weighted by Gasteiger charge is 2.27. The van der Waals surface area contributed by atoms with Gasteiger partial charge in [-0.2, -0.15) is 0 Å². The summed E-state index contributed by atoms with van der Waals surface area (Å²) in [6.45, 7) is 62.2. The lowest BCUT2D eigenvalue weighted by Gasteiger charge is -2.37. The number of nitrogens with zero attached hydrogens (tertiary/aromatic N) is 11. The van der Waals surface area contributed by atoms with Gasteiger partial charge in [0.1, 0.15) is 5.82 Å². The number of piperidine rings is 3. The number of aliphatic carboxylic acids is 1. The number of likely N-dealkylation sites (tertiary alicyclic amines) is 3. The van der Waals surface area contributed by atoms with E-state index in [-0.39, 0.29) is 6.54 Å². The van der Waals surface area contributed by atoms with Crippen LogP contribution >= 0.6 is 0 Å². The van der Waals surface area contributed by atoms with Crippen molar-refractivity contribution in [2.75, 3.05) is 272 Å². The third kappa shape index (κ3) is 78.4. The Labute approximate surface area is 695 Å². The Bertz CT molecular complexity index is 2210. The van der Waals surface area contributed by atoms with E-state index in [1.807, 2.05) is 39.5 Å². The molecule has 0 spiro atoms. The fourth-order valence-corrected chi connectivity index (χ4v) is 11.4. The van der Waals surface area contributed by atoms with E-state index in [1.165, 1.54) is 159 Å². The zero-order valence-electron chi connectivity index (χ0n) is 78.8. The van der Waals surface area contributed by atoms with Gasteiger partial charge < -0.3 is 84.8 Å². The van der Waals surface area contributed by atoms with E-state index in [0.29, 0.717) is 10.8 Å². The first-order chi connectivity index (χ1) is 53.2. The van der Waals surface area contributed by atoms with Crippen LogP contribution in [0.1, 0.15) is 198 Å². The topological polar surface area (TPSA) is 149 Å². The third-order valence-electron chi connectivity index (χ3n) is 20.1. The highest BCUT2D eigenvalue weighted by molar-refractivity contribution is 5.68. The third-order valence-corrected chi connectivity index (χ3v) is 20.1. The molecule has 1 aliphatic carbocycles. The second kappa shape index (κ2) is 76.8. The number of ether oxygens (including phenoxy) is 2. The molecule has 6 aliphatic heterocycles. The molecule has 7 fully saturated rings. The Morgan fingerprint density at radius 1 is 0.580 bits per heavy atom. The van der Waals surface area contributed by atoms with Gasteiger partial charge in [0.25, 0.3) is 0 Å². The minimum absolute atomic E-state index is 0.0417. The molecule has 10 rings (SSSR count). The fraction of sp³-hybridized carbons (Fsp3) is 0.785. The van der Waals surface area contributed by atoms with Crippen LogP contribution in [0, 0.1) is 22.7 Å². The molecule has 6 saturated heterocycles. The molecule has 0 bridgehead atoms. The average Bonchev–Trinajstić information content (AvgIpc) is 1.19. The molecule has 5 N–H and O–H groups in total. The monoisotopic (exact) mass is 1580 g/mol. The number of carbonyl (C=O) groups is 1. The molecular weight excluding hydrogens is 1390 g/mol. The number of rotatable bonds is 18. The highest BCUT2D eigenvalue weighted by Crippen LogP contribution is 2.34. The Morgan fingerprint density at radius 2 is 1.03 bits per heavy atom. The molecule has 112 heavy (non-hydrogen) atoms. The maximum Gasteiger partial charge on any atom is 0.317 e. The maximum atomic E-state index is 9.54. The molecule has 1 aromatic heterocycles. The number of anilines is 2. The standard InChI is InChI=1S/C12H17N.C11H16N2.C10H15N3.C10H21N.C7H16.C6H13N.C6H12.C5H14N2.C5H11NO.C5H13N.C5H12.C4H11NO.C4H9N.C3H7NO2/c1-13-9-7-12(8-10-13)11-5-3-2-4-6-11;1-12-7-9-13(10-8-12)11-5-3-2-4-6-11;1-12-6-8-13(9-7-12)10-4-2-3-5-11-10;1-10(2,3)9-5-7-11(4)8-6-9;1-5-6-7(2,3)4;1-7-5-3-2-4-6-7;1-4-5-6(2)3;1-6-4-5-7(2)3;1-6-2-4-7-5-3-6;1-4-6(3)5-2;1-4-5(2)3;1-5-3-4-6-2;1-5-4-2-3-4;1-4-2-3(5)6/h2-6,12H,7-10H2,1H3;2-6H,7-10H2,1H3;2-5H,6-9H2,1H3;9H,5-8H2,1-4H3;5-6H2,1-4H3;2-6H2,1H3;2,4-5H2,1,3H3;6H,4-5H2,1-3H3;2-5H2,1H3;4-5H2,1-3H3;5H,4H2,1-3H3;5H,3-4H2,1-2H3;4-5H,2-3H2,1H3;4H,2H2,1H3,(H,5,6). The number of allylic oxidation sites excluding steroid dienone is 1. The Hall–Kier alpha value is -4.16. The summed E-state index contributed by atoms with van der Waals surface area (Å²) >= 11 is 0. The highest BCUT2D eigenvalue weighted by atomic mass is 16.5. The Morgan fingerprint density at radius 3 is 1.29 bits per heavy atom. The first kappa shape index (κ1) is 114. The Balaban J connectivity index is -0.000000569. The SMILES string of the molecule is C=C(C)CCC.CCC(C)C.CCCC(C)(C)C.CCN(C)CC.CN1CCC(C(C)(C)C)CC1.CN1CCC(c2ccccc2)CC1.CN1CCCCC1.CN1CCN(c2ccccc2)CC1.CN1CCN(c2ccccn2)CC1.CN1CCOCC1.CNC1CC1.CNCC(=O)O.CNCCN(C)C.CNCCOC. The average molecular weight is 1580 g/mol. The number of pyridine rings is 1. The molecule has 0 atom stereocenters. The molecule has 2 aromatic carbocycles. The van der Waals surface area contributed by atoms with Crippen LogP contribution in [0.15, 0.2) is 97.2 Å². The van der Waals surface area contributed by atoms with Crippen LogP contribution in [0.3, 0.4) is 0 Å². The molecule has 7 aliphatic rings. The van der Waals surface area contributed by atoms with E-state index in [2.05, 4.69) is 309 Å². The van der Waals surface area contributed by atoms with Gasteiger partial charge in [-0.1, -0.05) is 176 Å². The predicted molar refractivity (Wildman–Crippen MR) is 495 cm³/mol. The van der Waals surface area contributed by atoms with Gasteiger partial charge in [-0.15, -0.1) is 6.58 Å². The number of aromatic nitrogens is 1. The van der Waals surface area contributed by atoms with Crippen molar-refractivity contribution in [3.63, 3.8) is 0 Å². The quantitative estimate of drug-likeness (QED) is 0.0607. The number of carboxylic acid groups (broad SMARTS) is 1. The van der Waals surface area contributed by atoms with Crippen molar-refractivity contribution in [3.8, 4) is 0 Å². The largest absolute Gasteiger partial charge is 0.480 e. The minimum Gasteiger partial charge on any atom is -0.480 e. The van der Waals surface area contributed by atoms with E-state index < -0.39 is 5.97 Å². The lowest BCUT2D eigenvalue weighted by molar-refractivity contribution is -0.135. The van der Waals surface area contributed by atoms with E-state index in [0.717, 1.165) is 135 Å². The number of nitrogens with one attached hydrogen (secondary N) is 4. The molecule has 19 nitrogen and oxygen atoms in total. The predicted octanol–water partition coefficient (Wildman–Crippen LogP) is 15.7. The van der Waals surface area contributed by atoms with E-state index >= 15 is 0 Å². The van der Waals surface area contributed by atoms with Gasteiger partial charge in [0.15, 0.2) is 0 Å². The van der Waals surface area contributed by atoms with Gasteiger partial charge in [-0.3, -0.25) is 4.79 Å². The van der Waals surface area contributed by atoms with E-state index in [4.69, 9.17) is 14.6 Å². The molecule has 658 valence electrons. The second-order valence-electron chi connectivity index (χ2n) is 34.1. The Kier molecular flexibility index (Phi) is 78.3. The van der Waals surface area contributed by atoms with Crippen LogP contribution in [0.25, 0.3) is 0 Å². The van der Waals surface area contributed by atoms with Crippen molar-refractivity contribution < 1.29 is 19.4 Å². The zero-order valence-corrected chi connectivity index (χ0v) is 78.8. The summed E-state index contributed by atoms with van der Waals surface area (Å²) in [5, 5.41) is 19.5. The van der Waals surface area contributed by atoms with E-state index in [9.17, 15) is 4.79 Å². The summed E-state index contributed by atoms with van der Waals surface area (Å²) in [5.74, 6) is 2.92. The molecule has 0 unspecified atom stereocenters. The van der Waals surface area contributed by atoms with E-state index in [1.54, 1.807) is 14.2 Å². The van der Waals surface area contributed by atoms with Crippen molar-refractivity contribution in [2.24, 2.45) is 22.7 Å². The molecule has 19 heteroatoms. The smallest absolute Gasteiger partial charge is 0.317 e. The fourth-order valence-electron chi connectivity index (χ4n) is 11.4. The van der Waals surface area contributed by atoms with Gasteiger partial charge in [-0.05, 0) is 274 Å². The molecule has 3 aromatic rings. The van der Waals surface area contributed by atoms with Crippen LogP contribution in [0.4, 0.5) is 11.5 Å². The summed E-state index contributed by atoms with van der Waals surface area (Å²) in [5.41, 5.74) is 5.25. The minimum atomic E-state index is -0.822. The number of morpholine rings is 1. The van der Waals surface area contributed by atoms with Crippen LogP contribution in [0.2, 0.25) is 0 Å². The summed E-state index contributed by atoms with van der Waals surface area (Å²) < 4.78 is 9.82. The first-order valence-corrected chi connectivity index (χ1v) is 43.7. The number of carboxylic acids is 1. The summed E-state index contributed by atoms with van der Waals surface area (Å²) in [6.07, 6.45) is 20.7. The number of benzene rings is 2. The molecule has 1 saturated carbocycles. The summed E-state index contributed by atoms with van der Waals surface area (Å²) in [4.78, 5) is 37.3. The van der Waals surface area contributed by atoms with Crippen molar-refractivity contribution in [1.29, 1.82) is 0 Å². The number of piperazine rings is 2. The molecule has 0 radical (unpaired) electrons.